The summed E-state index contributed by atoms with van der Waals surface area (Å²) < 4.78 is 0. The second-order valence-electron chi connectivity index (χ2n) is 8.19. The molecule has 1 aliphatic heterocycles. The number of unbranched alkanes of at least 4 members (excludes halogenated alkanes) is 1. The third kappa shape index (κ3) is 5.57. The van der Waals surface area contributed by atoms with E-state index in [1.54, 1.807) is 48.5 Å². The van der Waals surface area contributed by atoms with Crippen LogP contribution in [0.5, 0.6) is 0 Å². The first-order valence-electron chi connectivity index (χ1n) is 11.3. The number of carbonyl (C=O) groups excluding carboxylic acids is 3. The molecule has 0 saturated carbocycles. The minimum absolute atomic E-state index is 0.0602. The molecule has 1 heterocycles. The normalized spacial score (nSPS) is 13.4. The van der Waals surface area contributed by atoms with E-state index in [2.05, 4.69) is 17.6 Å². The van der Waals surface area contributed by atoms with Gasteiger partial charge in [0.25, 0.3) is 17.7 Å². The monoisotopic (exact) mass is 541 g/mol. The van der Waals surface area contributed by atoms with Crippen LogP contribution in [0, 0.1) is 0 Å². The maximum absolute atomic E-state index is 13.1. The second kappa shape index (κ2) is 11.2. The van der Waals surface area contributed by atoms with Gasteiger partial charge in [-0.05, 0) is 66.9 Å². The van der Waals surface area contributed by atoms with Crippen molar-refractivity contribution in [2.75, 3.05) is 15.5 Å². The molecule has 9 heteroatoms. The smallest absolute Gasteiger partial charge is 0.283 e. The van der Waals surface area contributed by atoms with E-state index in [0.29, 0.717) is 32.7 Å². The van der Waals surface area contributed by atoms with Gasteiger partial charge in [-0.25, -0.2) is 4.90 Å². The zero-order valence-corrected chi connectivity index (χ0v) is 21.5. The summed E-state index contributed by atoms with van der Waals surface area (Å²) in [4.78, 5) is 39.7. The molecule has 0 bridgehead atoms. The minimum Gasteiger partial charge on any atom is -0.350 e. The van der Waals surface area contributed by atoms with Crippen molar-refractivity contribution < 1.29 is 14.4 Å². The summed E-state index contributed by atoms with van der Waals surface area (Å²) in [5.74, 6) is -1.60. The Morgan fingerprint density at radius 1 is 0.917 bits per heavy atom. The van der Waals surface area contributed by atoms with E-state index in [4.69, 9.17) is 34.8 Å². The number of hydrogen-bond donors (Lipinski definition) is 2. The van der Waals surface area contributed by atoms with Gasteiger partial charge in [-0.15, -0.1) is 0 Å². The molecule has 6 nitrogen and oxygen atoms in total. The van der Waals surface area contributed by atoms with Crippen LogP contribution >= 0.6 is 34.8 Å². The van der Waals surface area contributed by atoms with Gasteiger partial charge in [0.1, 0.15) is 10.7 Å². The second-order valence-corrected chi connectivity index (χ2v) is 9.41. The predicted molar refractivity (Wildman–Crippen MR) is 145 cm³/mol. The van der Waals surface area contributed by atoms with Crippen LogP contribution in [0.25, 0.3) is 0 Å². The molecule has 4 rings (SSSR count). The Bertz CT molecular complexity index is 1370. The van der Waals surface area contributed by atoms with Crippen LogP contribution in [0.15, 0.2) is 77.5 Å². The van der Waals surface area contributed by atoms with E-state index in [1.165, 1.54) is 6.07 Å². The number of imide groups is 1. The maximum atomic E-state index is 13.1. The zero-order chi connectivity index (χ0) is 25.8. The first-order valence-corrected chi connectivity index (χ1v) is 12.4. The molecule has 2 N–H and O–H groups in total. The molecule has 1 aliphatic rings. The molecule has 0 fully saturated rings. The Hall–Kier alpha value is -3.32. The summed E-state index contributed by atoms with van der Waals surface area (Å²) >= 11 is 18.3. The van der Waals surface area contributed by atoms with E-state index in [9.17, 15) is 14.4 Å². The van der Waals surface area contributed by atoms with E-state index in [-0.39, 0.29) is 10.7 Å². The van der Waals surface area contributed by atoms with Gasteiger partial charge in [-0.2, -0.15) is 0 Å². The lowest BCUT2D eigenvalue weighted by Crippen LogP contribution is -2.32. The number of hydrogen-bond acceptors (Lipinski definition) is 4. The molecule has 0 radical (unpaired) electrons. The standard InChI is InChI=1S/C27H22Cl3N3O3/c1-2-3-5-16-8-11-20(12-9-16)33-26(35)23(30)24(27(33)36)31-19-7-4-6-17(14-19)25(34)32-22-13-10-18(28)15-21(22)29/h4,6-15,31H,2-3,5H2,1H3,(H,32,34). The van der Waals surface area contributed by atoms with Gasteiger partial charge in [0.05, 0.1) is 16.4 Å². The molecule has 0 saturated heterocycles. The van der Waals surface area contributed by atoms with E-state index in [0.717, 1.165) is 29.7 Å². The molecule has 0 spiro atoms. The Balaban J connectivity index is 1.50. The van der Waals surface area contributed by atoms with Crippen LogP contribution in [0.1, 0.15) is 35.7 Å². The average Bonchev–Trinajstić information content (AvgIpc) is 3.08. The van der Waals surface area contributed by atoms with Crippen LogP contribution in [-0.4, -0.2) is 17.7 Å². The van der Waals surface area contributed by atoms with Crippen molar-refractivity contribution in [3.05, 3.63) is 98.6 Å². The van der Waals surface area contributed by atoms with Crippen molar-refractivity contribution in [1.82, 2.24) is 0 Å². The van der Waals surface area contributed by atoms with Crippen molar-refractivity contribution in [3.63, 3.8) is 0 Å². The third-order valence-corrected chi connectivity index (χ3v) is 6.51. The lowest BCUT2D eigenvalue weighted by molar-refractivity contribution is -0.120. The summed E-state index contributed by atoms with van der Waals surface area (Å²) in [6.45, 7) is 2.12. The Labute approximate surface area is 223 Å². The van der Waals surface area contributed by atoms with Gasteiger partial charge in [-0.1, -0.05) is 66.3 Å². The van der Waals surface area contributed by atoms with Gasteiger partial charge in [0.2, 0.25) is 0 Å². The van der Waals surface area contributed by atoms with Gasteiger partial charge < -0.3 is 10.6 Å². The maximum Gasteiger partial charge on any atom is 0.283 e. The Kier molecular flexibility index (Phi) is 7.99. The summed E-state index contributed by atoms with van der Waals surface area (Å²) in [5, 5.41) is 6.15. The van der Waals surface area contributed by atoms with Crippen LogP contribution in [0.3, 0.4) is 0 Å². The molecule has 3 aromatic rings. The summed E-state index contributed by atoms with van der Waals surface area (Å²) in [6.07, 6.45) is 3.07. The molecule has 0 unspecified atom stereocenters. The van der Waals surface area contributed by atoms with Gasteiger partial charge in [-0.3, -0.25) is 14.4 Å². The largest absolute Gasteiger partial charge is 0.350 e. The fraction of sp³-hybridized carbons (Fsp3) is 0.148. The predicted octanol–water partition coefficient (Wildman–Crippen LogP) is 7.02. The van der Waals surface area contributed by atoms with E-state index >= 15 is 0 Å². The highest BCUT2D eigenvalue weighted by Crippen LogP contribution is 2.31. The van der Waals surface area contributed by atoms with Gasteiger partial charge in [0, 0.05) is 16.3 Å². The summed E-state index contributed by atoms with van der Waals surface area (Å²) in [7, 11) is 0. The fourth-order valence-corrected chi connectivity index (χ4v) is 4.37. The number of halogens is 3. The SMILES string of the molecule is CCCCc1ccc(N2C(=O)C(Cl)=C(Nc3cccc(C(=O)Nc4ccc(Cl)cc4Cl)c3)C2=O)cc1. The molecular formula is C27H22Cl3N3O3. The highest BCUT2D eigenvalue weighted by atomic mass is 35.5. The summed E-state index contributed by atoms with van der Waals surface area (Å²) in [5.41, 5.74) is 2.63. The number of carbonyl (C=O) groups is 3. The zero-order valence-electron chi connectivity index (χ0n) is 19.3. The molecule has 0 aliphatic carbocycles. The number of rotatable bonds is 8. The van der Waals surface area contributed by atoms with Crippen LogP contribution in [-0.2, 0) is 16.0 Å². The third-order valence-electron chi connectivity index (χ3n) is 5.61. The molecule has 3 amide bonds. The lowest BCUT2D eigenvalue weighted by atomic mass is 10.1. The fourth-order valence-electron chi connectivity index (χ4n) is 3.71. The molecule has 0 atom stereocenters. The van der Waals surface area contributed by atoms with Gasteiger partial charge in [0.15, 0.2) is 0 Å². The molecule has 0 aromatic heterocycles. The van der Waals surface area contributed by atoms with Crippen LogP contribution in [0.2, 0.25) is 10.0 Å². The number of nitrogens with one attached hydrogen (secondary N) is 2. The summed E-state index contributed by atoms with van der Waals surface area (Å²) in [6, 6.07) is 18.5. The Morgan fingerprint density at radius 2 is 1.67 bits per heavy atom. The number of nitrogens with zero attached hydrogens (tertiary/aromatic N) is 1. The number of amides is 3. The first kappa shape index (κ1) is 25.8. The topological polar surface area (TPSA) is 78.5 Å². The number of benzene rings is 3. The van der Waals surface area contributed by atoms with Crippen LogP contribution in [0.4, 0.5) is 17.1 Å². The molecule has 36 heavy (non-hydrogen) atoms. The van der Waals surface area contributed by atoms with E-state index in [1.807, 2.05) is 12.1 Å². The average molecular weight is 543 g/mol. The number of anilines is 3. The molecule has 184 valence electrons. The van der Waals surface area contributed by atoms with Crippen molar-refractivity contribution in [2.24, 2.45) is 0 Å². The van der Waals surface area contributed by atoms with Crippen molar-refractivity contribution >= 4 is 69.6 Å². The minimum atomic E-state index is -0.614. The molecule has 3 aromatic carbocycles. The Morgan fingerprint density at radius 3 is 2.36 bits per heavy atom. The van der Waals surface area contributed by atoms with E-state index < -0.39 is 17.7 Å². The van der Waals surface area contributed by atoms with Gasteiger partial charge >= 0.3 is 0 Å². The highest BCUT2D eigenvalue weighted by molar-refractivity contribution is 6.53. The van der Waals surface area contributed by atoms with Crippen molar-refractivity contribution in [3.8, 4) is 0 Å². The quantitative estimate of drug-likeness (QED) is 0.300. The highest BCUT2D eigenvalue weighted by Gasteiger charge is 2.39. The van der Waals surface area contributed by atoms with Crippen LogP contribution < -0.4 is 15.5 Å². The van der Waals surface area contributed by atoms with Crippen molar-refractivity contribution in [2.45, 2.75) is 26.2 Å². The molecular weight excluding hydrogens is 521 g/mol. The number of aryl methyl sites for hydroxylation is 1. The van der Waals surface area contributed by atoms with Crippen molar-refractivity contribution in [1.29, 1.82) is 0 Å². The lowest BCUT2D eigenvalue weighted by Gasteiger charge is -2.16. The first-order chi connectivity index (χ1) is 17.3.